The molecular formula is C14H7BrFN3S. The number of rotatable bonds is 1. The van der Waals surface area contributed by atoms with Gasteiger partial charge in [0.2, 0.25) is 0 Å². The van der Waals surface area contributed by atoms with E-state index in [4.69, 9.17) is 17.5 Å². The van der Waals surface area contributed by atoms with Crippen LogP contribution in [-0.2, 0) is 0 Å². The molecule has 0 bridgehead atoms. The number of hydrogen-bond donors (Lipinski definition) is 1. The minimum absolute atomic E-state index is 0.351. The summed E-state index contributed by atoms with van der Waals surface area (Å²) in [4.78, 5) is 3.00. The van der Waals surface area contributed by atoms with Crippen LogP contribution in [0.1, 0.15) is 5.56 Å². The highest BCUT2D eigenvalue weighted by Crippen LogP contribution is 2.27. The predicted molar refractivity (Wildman–Crippen MR) is 80.8 cm³/mol. The van der Waals surface area contributed by atoms with Crippen molar-refractivity contribution in [2.24, 2.45) is 0 Å². The molecule has 20 heavy (non-hydrogen) atoms. The van der Waals surface area contributed by atoms with Gasteiger partial charge in [-0.15, -0.1) is 0 Å². The van der Waals surface area contributed by atoms with Gasteiger partial charge < -0.3 is 4.98 Å². The molecule has 2 aromatic carbocycles. The maximum atomic E-state index is 13.5. The van der Waals surface area contributed by atoms with Gasteiger partial charge in [-0.05, 0) is 58.5 Å². The summed E-state index contributed by atoms with van der Waals surface area (Å²) in [5.74, 6) is -0.351. The molecule has 3 rings (SSSR count). The largest absolute Gasteiger partial charge is 0.329 e. The van der Waals surface area contributed by atoms with Crippen LogP contribution in [0.2, 0.25) is 0 Å². The number of aromatic nitrogens is 2. The number of benzene rings is 2. The maximum Gasteiger partial charge on any atom is 0.182 e. The number of fused-ring (bicyclic) bond motifs is 1. The highest BCUT2D eigenvalue weighted by molar-refractivity contribution is 9.10. The second-order valence-electron chi connectivity index (χ2n) is 4.17. The molecule has 0 radical (unpaired) electrons. The van der Waals surface area contributed by atoms with E-state index in [0.717, 1.165) is 9.99 Å². The second-order valence-corrected chi connectivity index (χ2v) is 5.41. The zero-order chi connectivity index (χ0) is 14.3. The first kappa shape index (κ1) is 13.0. The normalized spacial score (nSPS) is 10.7. The summed E-state index contributed by atoms with van der Waals surface area (Å²) < 4.78 is 16.3. The average Bonchev–Trinajstić information content (AvgIpc) is 2.77. The van der Waals surface area contributed by atoms with Crippen molar-refractivity contribution < 1.29 is 4.39 Å². The van der Waals surface area contributed by atoms with Crippen LogP contribution in [0, 0.1) is 21.9 Å². The van der Waals surface area contributed by atoms with Gasteiger partial charge in [-0.3, -0.25) is 4.57 Å². The van der Waals surface area contributed by atoms with E-state index in [1.807, 2.05) is 6.07 Å². The summed E-state index contributed by atoms with van der Waals surface area (Å²) in [5, 5.41) is 9.12. The van der Waals surface area contributed by atoms with E-state index in [1.165, 1.54) is 12.1 Å². The second kappa shape index (κ2) is 4.85. The summed E-state index contributed by atoms with van der Waals surface area (Å²) in [6.45, 7) is 0. The van der Waals surface area contributed by atoms with Gasteiger partial charge in [0.1, 0.15) is 11.9 Å². The Balaban J connectivity index is 2.44. The van der Waals surface area contributed by atoms with Crippen molar-refractivity contribution in [3.63, 3.8) is 0 Å². The van der Waals surface area contributed by atoms with Crippen LogP contribution in [0.15, 0.2) is 40.9 Å². The Morgan fingerprint density at radius 1 is 1.30 bits per heavy atom. The Hall–Kier alpha value is -1.97. The molecule has 1 N–H and O–H groups in total. The topological polar surface area (TPSA) is 44.5 Å². The van der Waals surface area contributed by atoms with Crippen LogP contribution in [0.4, 0.5) is 4.39 Å². The number of hydrogen-bond acceptors (Lipinski definition) is 2. The number of imidazole rings is 1. The first-order valence-electron chi connectivity index (χ1n) is 5.71. The zero-order valence-electron chi connectivity index (χ0n) is 10.0. The molecule has 3 aromatic rings. The Morgan fingerprint density at radius 3 is 2.85 bits per heavy atom. The summed E-state index contributed by atoms with van der Waals surface area (Å²) in [7, 11) is 0. The van der Waals surface area contributed by atoms with Crippen LogP contribution in [0.3, 0.4) is 0 Å². The first-order chi connectivity index (χ1) is 9.61. The van der Waals surface area contributed by atoms with Gasteiger partial charge in [-0.2, -0.15) is 5.26 Å². The highest BCUT2D eigenvalue weighted by atomic mass is 79.9. The number of halogens is 2. The van der Waals surface area contributed by atoms with E-state index in [2.05, 4.69) is 27.0 Å². The van der Waals surface area contributed by atoms with E-state index in [9.17, 15) is 4.39 Å². The van der Waals surface area contributed by atoms with E-state index >= 15 is 0 Å². The number of nitriles is 1. The van der Waals surface area contributed by atoms with Crippen LogP contribution in [-0.4, -0.2) is 9.55 Å². The van der Waals surface area contributed by atoms with Crippen LogP contribution in [0.25, 0.3) is 16.7 Å². The minimum Gasteiger partial charge on any atom is -0.329 e. The Morgan fingerprint density at radius 2 is 2.10 bits per heavy atom. The molecule has 3 nitrogen and oxygen atoms in total. The summed E-state index contributed by atoms with van der Waals surface area (Å²) >= 11 is 8.69. The van der Waals surface area contributed by atoms with E-state index in [0.29, 0.717) is 21.5 Å². The molecular weight excluding hydrogens is 341 g/mol. The number of para-hydroxylation sites is 1. The molecule has 0 amide bonds. The smallest absolute Gasteiger partial charge is 0.182 e. The number of aromatic amines is 1. The van der Waals surface area contributed by atoms with Crippen LogP contribution in [0.5, 0.6) is 0 Å². The molecule has 0 unspecified atom stereocenters. The van der Waals surface area contributed by atoms with Crippen molar-refractivity contribution in [2.75, 3.05) is 0 Å². The van der Waals surface area contributed by atoms with Gasteiger partial charge >= 0.3 is 0 Å². The maximum absolute atomic E-state index is 13.5. The van der Waals surface area contributed by atoms with Gasteiger partial charge in [0, 0.05) is 4.47 Å². The van der Waals surface area contributed by atoms with Crippen LogP contribution < -0.4 is 0 Å². The average molecular weight is 348 g/mol. The molecule has 0 aliphatic heterocycles. The fourth-order valence-corrected chi connectivity index (χ4v) is 2.84. The van der Waals surface area contributed by atoms with Crippen LogP contribution >= 0.6 is 28.1 Å². The van der Waals surface area contributed by atoms with Crippen molar-refractivity contribution in [1.82, 2.24) is 9.55 Å². The lowest BCUT2D eigenvalue weighted by Crippen LogP contribution is -1.96. The third-order valence-corrected chi connectivity index (χ3v) is 3.94. The lowest BCUT2D eigenvalue weighted by atomic mass is 10.2. The van der Waals surface area contributed by atoms with Gasteiger partial charge in [-0.25, -0.2) is 4.39 Å². The summed E-state index contributed by atoms with van der Waals surface area (Å²) in [6, 6.07) is 11.8. The molecule has 1 heterocycles. The Labute approximate surface area is 127 Å². The Bertz CT molecular complexity index is 920. The summed E-state index contributed by atoms with van der Waals surface area (Å²) in [5.41, 5.74) is 2.48. The third kappa shape index (κ3) is 1.96. The van der Waals surface area contributed by atoms with E-state index < -0.39 is 0 Å². The first-order valence-corrected chi connectivity index (χ1v) is 6.91. The molecule has 0 spiro atoms. The summed E-state index contributed by atoms with van der Waals surface area (Å²) in [6.07, 6.45) is 0. The molecule has 0 atom stereocenters. The van der Waals surface area contributed by atoms with Crippen molar-refractivity contribution >= 4 is 39.2 Å². The molecule has 6 heteroatoms. The van der Waals surface area contributed by atoms with Crippen molar-refractivity contribution in [3.8, 4) is 11.8 Å². The third-order valence-electron chi connectivity index (χ3n) is 2.99. The van der Waals surface area contributed by atoms with Gasteiger partial charge in [-0.1, -0.05) is 6.07 Å². The fraction of sp³-hybridized carbons (Fsp3) is 0. The molecule has 0 saturated heterocycles. The molecule has 0 aliphatic carbocycles. The lowest BCUT2D eigenvalue weighted by Gasteiger charge is -2.07. The molecule has 0 aliphatic rings. The van der Waals surface area contributed by atoms with Gasteiger partial charge in [0.15, 0.2) is 4.77 Å². The Kier molecular flexibility index (Phi) is 3.16. The monoisotopic (exact) mass is 347 g/mol. The SMILES string of the molecule is N#Cc1cccc2c1[nH]c(=S)n2-c1cc(F)ccc1Br. The lowest BCUT2D eigenvalue weighted by molar-refractivity contribution is 0.626. The minimum atomic E-state index is -0.351. The molecule has 98 valence electrons. The van der Waals surface area contributed by atoms with Crippen molar-refractivity contribution in [2.45, 2.75) is 0 Å². The zero-order valence-corrected chi connectivity index (χ0v) is 12.4. The highest BCUT2D eigenvalue weighted by Gasteiger charge is 2.12. The number of H-pyrrole nitrogens is 1. The molecule has 0 saturated carbocycles. The molecule has 0 fully saturated rings. The fourth-order valence-electron chi connectivity index (χ4n) is 2.12. The van der Waals surface area contributed by atoms with Crippen molar-refractivity contribution in [1.29, 1.82) is 5.26 Å². The van der Waals surface area contributed by atoms with E-state index in [1.54, 1.807) is 22.8 Å². The van der Waals surface area contributed by atoms with Gasteiger partial charge in [0.05, 0.1) is 22.3 Å². The standard InChI is InChI=1S/C14H7BrFN3S/c15-10-5-4-9(16)6-12(10)19-11-3-1-2-8(7-17)13(11)18-14(19)20/h1-6H,(H,18,20). The van der Waals surface area contributed by atoms with E-state index in [-0.39, 0.29) is 5.82 Å². The van der Waals surface area contributed by atoms with Gasteiger partial charge in [0.25, 0.3) is 0 Å². The van der Waals surface area contributed by atoms with Crippen molar-refractivity contribution in [3.05, 3.63) is 57.0 Å². The predicted octanol–water partition coefficient (Wildman–Crippen LogP) is 4.46. The number of nitrogens with one attached hydrogen (secondary N) is 1. The molecule has 1 aromatic heterocycles. The number of nitrogens with zero attached hydrogens (tertiary/aromatic N) is 2. The quantitative estimate of drug-likeness (QED) is 0.660.